The van der Waals surface area contributed by atoms with Crippen molar-refractivity contribution < 1.29 is 0 Å². The predicted molar refractivity (Wildman–Crippen MR) is 65.5 cm³/mol. The van der Waals surface area contributed by atoms with Gasteiger partial charge in [-0.1, -0.05) is 31.5 Å². The molecule has 0 aliphatic heterocycles. The van der Waals surface area contributed by atoms with E-state index >= 15 is 0 Å². The maximum Gasteiger partial charge on any atom is 0.0959 e. The lowest BCUT2D eigenvalue weighted by atomic mass is 10.2. The van der Waals surface area contributed by atoms with Gasteiger partial charge >= 0.3 is 0 Å². The van der Waals surface area contributed by atoms with E-state index in [1.165, 1.54) is 5.56 Å². The predicted octanol–water partition coefficient (Wildman–Crippen LogP) is 3.86. The SMILES string of the molecule is C/C(C#N)=C/Nc1ccc(C)cc1.CC. The van der Waals surface area contributed by atoms with Crippen LogP contribution in [-0.2, 0) is 0 Å². The Kier molecular flexibility index (Phi) is 6.74. The van der Waals surface area contributed by atoms with Crippen LogP contribution in [0.1, 0.15) is 26.3 Å². The number of nitrogens with one attached hydrogen (secondary N) is 1. The standard InChI is InChI=1S/C11H12N2.C2H6/c1-9-3-5-11(6-4-9)13-8-10(2)7-12;1-2/h3-6,8,13H,1-2H3;1-2H3/b10-8-;. The average Bonchev–Trinajstić information content (AvgIpc) is 2.30. The smallest absolute Gasteiger partial charge is 0.0959 e. The Balaban J connectivity index is 0.000000921. The Labute approximate surface area is 92.2 Å². The molecule has 1 N–H and O–H groups in total. The third-order valence-corrected chi connectivity index (χ3v) is 1.68. The minimum Gasteiger partial charge on any atom is -0.361 e. The van der Waals surface area contributed by atoms with Gasteiger partial charge in [0.2, 0.25) is 0 Å². The van der Waals surface area contributed by atoms with Crippen LogP contribution in [0.15, 0.2) is 36.0 Å². The van der Waals surface area contributed by atoms with Crippen molar-refractivity contribution in [2.75, 3.05) is 5.32 Å². The van der Waals surface area contributed by atoms with Gasteiger partial charge in [0, 0.05) is 17.5 Å². The number of hydrogen-bond acceptors (Lipinski definition) is 2. The summed E-state index contributed by atoms with van der Waals surface area (Å²) in [5.74, 6) is 0. The molecule has 1 aromatic rings. The van der Waals surface area contributed by atoms with Crippen LogP contribution in [0.4, 0.5) is 5.69 Å². The molecule has 0 spiro atoms. The number of hydrogen-bond donors (Lipinski definition) is 1. The first kappa shape index (κ1) is 13.2. The molecule has 1 aromatic carbocycles. The fourth-order valence-corrected chi connectivity index (χ4v) is 0.874. The minimum atomic E-state index is 0.667. The number of anilines is 1. The normalized spacial score (nSPS) is 9.67. The van der Waals surface area contributed by atoms with Crippen LogP contribution in [0.25, 0.3) is 0 Å². The van der Waals surface area contributed by atoms with Crippen molar-refractivity contribution >= 4 is 5.69 Å². The Hall–Kier alpha value is -1.75. The molecular formula is C13H18N2. The van der Waals surface area contributed by atoms with E-state index in [2.05, 4.69) is 5.32 Å². The summed E-state index contributed by atoms with van der Waals surface area (Å²) in [5.41, 5.74) is 2.90. The van der Waals surface area contributed by atoms with Gasteiger partial charge < -0.3 is 5.32 Å². The number of allylic oxidation sites excluding steroid dienone is 1. The molecule has 0 aliphatic carbocycles. The van der Waals surface area contributed by atoms with Gasteiger partial charge in [-0.2, -0.15) is 5.26 Å². The van der Waals surface area contributed by atoms with E-state index in [1.807, 2.05) is 51.1 Å². The molecule has 0 aromatic heterocycles. The summed E-state index contributed by atoms with van der Waals surface area (Å²) in [7, 11) is 0. The molecule has 0 amide bonds. The zero-order valence-corrected chi connectivity index (χ0v) is 9.83. The minimum absolute atomic E-state index is 0.667. The van der Waals surface area contributed by atoms with Crippen molar-refractivity contribution in [1.82, 2.24) is 0 Å². The molecule has 0 aliphatic rings. The molecule has 0 radical (unpaired) electrons. The molecule has 2 heteroatoms. The van der Waals surface area contributed by atoms with Crippen molar-refractivity contribution in [2.45, 2.75) is 27.7 Å². The first-order valence-corrected chi connectivity index (χ1v) is 5.12. The lowest BCUT2D eigenvalue weighted by Crippen LogP contribution is -1.88. The highest BCUT2D eigenvalue weighted by atomic mass is 14.8. The Bertz CT molecular complexity index is 342. The Morgan fingerprint density at radius 2 is 1.80 bits per heavy atom. The van der Waals surface area contributed by atoms with Gasteiger partial charge in [0.15, 0.2) is 0 Å². The second kappa shape index (κ2) is 7.64. The fourth-order valence-electron chi connectivity index (χ4n) is 0.874. The van der Waals surface area contributed by atoms with Gasteiger partial charge in [-0.05, 0) is 26.0 Å². The zero-order valence-electron chi connectivity index (χ0n) is 9.83. The second-order valence-electron chi connectivity index (χ2n) is 2.95. The first-order valence-electron chi connectivity index (χ1n) is 5.12. The van der Waals surface area contributed by atoms with Crippen molar-refractivity contribution in [3.63, 3.8) is 0 Å². The monoisotopic (exact) mass is 202 g/mol. The highest BCUT2D eigenvalue weighted by Crippen LogP contribution is 2.08. The lowest BCUT2D eigenvalue weighted by Gasteiger charge is -2.00. The summed E-state index contributed by atoms with van der Waals surface area (Å²) < 4.78 is 0. The molecule has 2 nitrogen and oxygen atoms in total. The van der Waals surface area contributed by atoms with Crippen LogP contribution < -0.4 is 5.32 Å². The van der Waals surface area contributed by atoms with Gasteiger partial charge in [0.1, 0.15) is 0 Å². The van der Waals surface area contributed by atoms with Crippen molar-refractivity contribution in [3.05, 3.63) is 41.6 Å². The molecule has 0 saturated carbocycles. The molecule has 0 heterocycles. The zero-order chi connectivity index (χ0) is 11.7. The molecule has 0 unspecified atom stereocenters. The van der Waals surface area contributed by atoms with Gasteiger partial charge in [-0.15, -0.1) is 0 Å². The van der Waals surface area contributed by atoms with Crippen LogP contribution >= 0.6 is 0 Å². The Morgan fingerprint density at radius 1 is 1.27 bits per heavy atom. The van der Waals surface area contributed by atoms with Gasteiger partial charge in [0.05, 0.1) is 6.07 Å². The topological polar surface area (TPSA) is 35.8 Å². The van der Waals surface area contributed by atoms with Gasteiger partial charge in [-0.3, -0.25) is 0 Å². The first-order chi connectivity index (χ1) is 7.22. The number of rotatable bonds is 2. The molecule has 15 heavy (non-hydrogen) atoms. The third-order valence-electron chi connectivity index (χ3n) is 1.68. The third kappa shape index (κ3) is 5.53. The van der Waals surface area contributed by atoms with Crippen molar-refractivity contribution in [3.8, 4) is 6.07 Å². The molecule has 0 atom stereocenters. The van der Waals surface area contributed by atoms with E-state index in [9.17, 15) is 0 Å². The largest absolute Gasteiger partial charge is 0.361 e. The molecule has 80 valence electrons. The Morgan fingerprint density at radius 3 is 2.27 bits per heavy atom. The van der Waals surface area contributed by atoms with E-state index in [-0.39, 0.29) is 0 Å². The van der Waals surface area contributed by atoms with Crippen LogP contribution in [0.2, 0.25) is 0 Å². The summed E-state index contributed by atoms with van der Waals surface area (Å²) in [4.78, 5) is 0. The number of nitriles is 1. The summed E-state index contributed by atoms with van der Waals surface area (Å²) in [6, 6.07) is 10.1. The summed E-state index contributed by atoms with van der Waals surface area (Å²) in [5, 5.41) is 11.5. The van der Waals surface area contributed by atoms with Crippen LogP contribution in [0, 0.1) is 18.3 Å². The fraction of sp³-hybridized carbons (Fsp3) is 0.308. The van der Waals surface area contributed by atoms with Crippen molar-refractivity contribution in [1.29, 1.82) is 5.26 Å². The van der Waals surface area contributed by atoms with E-state index in [0.717, 1.165) is 5.69 Å². The van der Waals surface area contributed by atoms with E-state index in [4.69, 9.17) is 5.26 Å². The quantitative estimate of drug-likeness (QED) is 0.739. The van der Waals surface area contributed by atoms with Crippen LogP contribution in [0.3, 0.4) is 0 Å². The highest BCUT2D eigenvalue weighted by molar-refractivity contribution is 5.47. The van der Waals surface area contributed by atoms with Crippen molar-refractivity contribution in [2.24, 2.45) is 0 Å². The second-order valence-corrected chi connectivity index (χ2v) is 2.95. The van der Waals surface area contributed by atoms with E-state index in [0.29, 0.717) is 5.57 Å². The number of aryl methyl sites for hydroxylation is 1. The van der Waals surface area contributed by atoms with Gasteiger partial charge in [-0.25, -0.2) is 0 Å². The van der Waals surface area contributed by atoms with E-state index in [1.54, 1.807) is 13.1 Å². The van der Waals surface area contributed by atoms with Crippen LogP contribution in [0.5, 0.6) is 0 Å². The number of nitrogens with zero attached hydrogens (tertiary/aromatic N) is 1. The van der Waals surface area contributed by atoms with E-state index < -0.39 is 0 Å². The lowest BCUT2D eigenvalue weighted by molar-refractivity contribution is 1.41. The molecule has 0 fully saturated rings. The molecule has 1 rings (SSSR count). The van der Waals surface area contributed by atoms with Crippen LogP contribution in [-0.4, -0.2) is 0 Å². The molecule has 0 saturated heterocycles. The van der Waals surface area contributed by atoms with Gasteiger partial charge in [0.25, 0.3) is 0 Å². The highest BCUT2D eigenvalue weighted by Gasteiger charge is 1.88. The molecule has 0 bridgehead atoms. The summed E-state index contributed by atoms with van der Waals surface area (Å²) in [6.45, 7) is 7.81. The maximum atomic E-state index is 8.50. The maximum absolute atomic E-state index is 8.50. The number of benzene rings is 1. The summed E-state index contributed by atoms with van der Waals surface area (Å²) >= 11 is 0. The average molecular weight is 202 g/mol. The molecular weight excluding hydrogens is 184 g/mol. The summed E-state index contributed by atoms with van der Waals surface area (Å²) in [6.07, 6.45) is 1.70.